The minimum atomic E-state index is -0.445. The standard InChI is InChI=1S/C15H24N2O2/c1-11-9-12(3-4-15(11)19-2)14(18)10-17-7-5-13(16)6-8-17/h3-4,9,13-14,18H,5-8,10,16H2,1-2H3. The molecule has 0 saturated carbocycles. The van der Waals surface area contributed by atoms with Crippen LogP contribution in [-0.2, 0) is 0 Å². The second-order valence-electron chi connectivity index (χ2n) is 5.38. The van der Waals surface area contributed by atoms with Crippen molar-refractivity contribution in [2.45, 2.75) is 31.9 Å². The van der Waals surface area contributed by atoms with Crippen molar-refractivity contribution in [3.05, 3.63) is 29.3 Å². The Balaban J connectivity index is 1.96. The molecule has 19 heavy (non-hydrogen) atoms. The predicted octanol–water partition coefficient (Wildman–Crippen LogP) is 1.46. The molecule has 0 bridgehead atoms. The van der Waals surface area contributed by atoms with Crippen LogP contribution in [0.2, 0.25) is 0 Å². The fourth-order valence-corrected chi connectivity index (χ4v) is 2.59. The highest BCUT2D eigenvalue weighted by molar-refractivity contribution is 5.37. The van der Waals surface area contributed by atoms with Crippen LogP contribution < -0.4 is 10.5 Å². The highest BCUT2D eigenvalue weighted by Gasteiger charge is 2.19. The Labute approximate surface area is 115 Å². The second-order valence-corrected chi connectivity index (χ2v) is 5.38. The maximum atomic E-state index is 10.3. The zero-order chi connectivity index (χ0) is 13.8. The third-order valence-electron chi connectivity index (χ3n) is 3.87. The topological polar surface area (TPSA) is 58.7 Å². The number of aliphatic hydroxyl groups is 1. The van der Waals surface area contributed by atoms with Crippen molar-refractivity contribution in [2.75, 3.05) is 26.7 Å². The molecule has 1 aromatic carbocycles. The minimum Gasteiger partial charge on any atom is -0.496 e. The normalized spacial score (nSPS) is 19.4. The van der Waals surface area contributed by atoms with E-state index in [1.165, 1.54) is 0 Å². The number of hydrogen-bond acceptors (Lipinski definition) is 4. The Kier molecular flexibility index (Phi) is 4.80. The Morgan fingerprint density at radius 2 is 2.11 bits per heavy atom. The summed E-state index contributed by atoms with van der Waals surface area (Å²) in [7, 11) is 1.66. The summed E-state index contributed by atoms with van der Waals surface area (Å²) in [6.45, 7) is 4.63. The molecule has 4 nitrogen and oxygen atoms in total. The highest BCUT2D eigenvalue weighted by Crippen LogP contribution is 2.23. The third-order valence-corrected chi connectivity index (χ3v) is 3.87. The number of piperidine rings is 1. The summed E-state index contributed by atoms with van der Waals surface area (Å²) < 4.78 is 5.24. The van der Waals surface area contributed by atoms with Gasteiger partial charge in [0, 0.05) is 12.6 Å². The van der Waals surface area contributed by atoms with Crippen molar-refractivity contribution in [3.63, 3.8) is 0 Å². The van der Waals surface area contributed by atoms with Gasteiger partial charge in [0.2, 0.25) is 0 Å². The van der Waals surface area contributed by atoms with Crippen LogP contribution in [0, 0.1) is 6.92 Å². The molecule has 1 fully saturated rings. The lowest BCUT2D eigenvalue weighted by Gasteiger charge is -2.31. The number of nitrogens with zero attached hydrogens (tertiary/aromatic N) is 1. The average molecular weight is 264 g/mol. The van der Waals surface area contributed by atoms with Crippen LogP contribution in [0.5, 0.6) is 5.75 Å². The predicted molar refractivity (Wildman–Crippen MR) is 76.3 cm³/mol. The summed E-state index contributed by atoms with van der Waals surface area (Å²) in [5, 5.41) is 10.3. The van der Waals surface area contributed by atoms with E-state index in [9.17, 15) is 5.11 Å². The maximum absolute atomic E-state index is 10.3. The second kappa shape index (κ2) is 6.37. The fourth-order valence-electron chi connectivity index (χ4n) is 2.59. The van der Waals surface area contributed by atoms with Gasteiger partial charge in [0.1, 0.15) is 5.75 Å². The molecule has 0 spiro atoms. The molecular weight excluding hydrogens is 240 g/mol. The van der Waals surface area contributed by atoms with Crippen molar-refractivity contribution in [1.29, 1.82) is 0 Å². The third kappa shape index (κ3) is 3.69. The van der Waals surface area contributed by atoms with E-state index < -0.39 is 6.10 Å². The van der Waals surface area contributed by atoms with Crippen molar-refractivity contribution < 1.29 is 9.84 Å². The van der Waals surface area contributed by atoms with Crippen LogP contribution in [0.4, 0.5) is 0 Å². The largest absolute Gasteiger partial charge is 0.496 e. The number of nitrogens with two attached hydrogens (primary N) is 1. The molecule has 0 aromatic heterocycles. The van der Waals surface area contributed by atoms with Crippen molar-refractivity contribution >= 4 is 0 Å². The summed E-state index contributed by atoms with van der Waals surface area (Å²) >= 11 is 0. The zero-order valence-electron chi connectivity index (χ0n) is 11.8. The molecule has 2 rings (SSSR count). The van der Waals surface area contributed by atoms with E-state index in [0.29, 0.717) is 12.6 Å². The van der Waals surface area contributed by atoms with E-state index in [4.69, 9.17) is 10.5 Å². The van der Waals surface area contributed by atoms with Crippen LogP contribution in [0.25, 0.3) is 0 Å². The Hall–Kier alpha value is -1.10. The number of likely N-dealkylation sites (tertiary alicyclic amines) is 1. The number of rotatable bonds is 4. The first kappa shape index (κ1) is 14.3. The molecule has 106 valence electrons. The lowest BCUT2D eigenvalue weighted by molar-refractivity contribution is 0.0976. The molecule has 1 aliphatic heterocycles. The van der Waals surface area contributed by atoms with Gasteiger partial charge in [-0.1, -0.05) is 6.07 Å². The smallest absolute Gasteiger partial charge is 0.121 e. The van der Waals surface area contributed by atoms with Gasteiger partial charge in [-0.2, -0.15) is 0 Å². The molecule has 1 atom stereocenters. The Morgan fingerprint density at radius 1 is 1.42 bits per heavy atom. The summed E-state index contributed by atoms with van der Waals surface area (Å²) in [6, 6.07) is 6.18. The van der Waals surface area contributed by atoms with Gasteiger partial charge in [0.25, 0.3) is 0 Å². The number of benzene rings is 1. The molecule has 3 N–H and O–H groups in total. The van der Waals surface area contributed by atoms with Crippen molar-refractivity contribution in [2.24, 2.45) is 5.73 Å². The Morgan fingerprint density at radius 3 is 2.68 bits per heavy atom. The van der Waals surface area contributed by atoms with E-state index in [2.05, 4.69) is 4.90 Å². The number of β-amino-alcohol motifs (C(OH)–C–C–N with tert-alkyl or cyclic N) is 1. The first-order valence-electron chi connectivity index (χ1n) is 6.90. The van der Waals surface area contributed by atoms with Crippen LogP contribution in [0.15, 0.2) is 18.2 Å². The lowest BCUT2D eigenvalue weighted by Crippen LogP contribution is -2.41. The lowest BCUT2D eigenvalue weighted by atomic mass is 10.0. The number of aliphatic hydroxyl groups excluding tert-OH is 1. The van der Waals surface area contributed by atoms with Crippen LogP contribution in [-0.4, -0.2) is 42.8 Å². The van der Waals surface area contributed by atoms with E-state index in [1.54, 1.807) is 7.11 Å². The maximum Gasteiger partial charge on any atom is 0.121 e. The number of hydrogen-bond donors (Lipinski definition) is 2. The van der Waals surface area contributed by atoms with E-state index in [-0.39, 0.29) is 0 Å². The molecule has 0 radical (unpaired) electrons. The van der Waals surface area contributed by atoms with Crippen LogP contribution in [0.1, 0.15) is 30.1 Å². The zero-order valence-corrected chi connectivity index (χ0v) is 11.8. The van der Waals surface area contributed by atoms with Gasteiger partial charge in [-0.3, -0.25) is 0 Å². The average Bonchev–Trinajstić information content (AvgIpc) is 2.41. The van der Waals surface area contributed by atoms with Crippen LogP contribution in [0.3, 0.4) is 0 Å². The van der Waals surface area contributed by atoms with Crippen molar-refractivity contribution in [3.8, 4) is 5.75 Å². The molecular formula is C15H24N2O2. The highest BCUT2D eigenvalue weighted by atomic mass is 16.5. The minimum absolute atomic E-state index is 0.330. The molecule has 1 aromatic rings. The van der Waals surface area contributed by atoms with Gasteiger partial charge in [0.05, 0.1) is 13.2 Å². The first-order valence-corrected chi connectivity index (χ1v) is 6.90. The summed E-state index contributed by atoms with van der Waals surface area (Å²) in [4.78, 5) is 2.29. The van der Waals surface area contributed by atoms with E-state index in [0.717, 1.165) is 42.8 Å². The van der Waals surface area contributed by atoms with E-state index >= 15 is 0 Å². The number of ether oxygens (including phenoxy) is 1. The van der Waals surface area contributed by atoms with Gasteiger partial charge >= 0.3 is 0 Å². The summed E-state index contributed by atoms with van der Waals surface area (Å²) in [6.07, 6.45) is 1.60. The monoisotopic (exact) mass is 264 g/mol. The molecule has 0 aliphatic carbocycles. The molecule has 1 saturated heterocycles. The number of aryl methyl sites for hydroxylation is 1. The molecule has 0 amide bonds. The molecule has 1 unspecified atom stereocenters. The molecule has 1 aliphatic rings. The fraction of sp³-hybridized carbons (Fsp3) is 0.600. The van der Waals surface area contributed by atoms with Gasteiger partial charge < -0.3 is 20.5 Å². The van der Waals surface area contributed by atoms with Gasteiger partial charge in [-0.25, -0.2) is 0 Å². The Bertz CT molecular complexity index is 415. The van der Waals surface area contributed by atoms with Crippen molar-refractivity contribution in [1.82, 2.24) is 4.90 Å². The first-order chi connectivity index (χ1) is 9.10. The summed E-state index contributed by atoms with van der Waals surface area (Å²) in [5.74, 6) is 0.861. The SMILES string of the molecule is COc1ccc(C(O)CN2CCC(N)CC2)cc1C. The van der Waals surface area contributed by atoms with Gasteiger partial charge in [-0.05, 0) is 56.1 Å². The molecule has 1 heterocycles. The van der Waals surface area contributed by atoms with Gasteiger partial charge in [-0.15, -0.1) is 0 Å². The number of methoxy groups -OCH3 is 1. The van der Waals surface area contributed by atoms with E-state index in [1.807, 2.05) is 25.1 Å². The summed E-state index contributed by atoms with van der Waals surface area (Å²) in [5.41, 5.74) is 7.89. The molecule has 4 heteroatoms. The quantitative estimate of drug-likeness (QED) is 0.864. The van der Waals surface area contributed by atoms with Crippen LogP contribution >= 0.6 is 0 Å². The van der Waals surface area contributed by atoms with Gasteiger partial charge in [0.15, 0.2) is 0 Å².